The number of nitrogens with zero attached hydrogens (tertiary/aromatic N) is 2. The quantitative estimate of drug-likeness (QED) is 0.744. The molecule has 16 heavy (non-hydrogen) atoms. The van der Waals surface area contributed by atoms with Crippen molar-refractivity contribution in [3.63, 3.8) is 0 Å². The second kappa shape index (κ2) is 4.86. The largest absolute Gasteiger partial charge is 0.313 e. The maximum Gasteiger partial charge on any atom is 0.259 e. The third kappa shape index (κ3) is 2.75. The summed E-state index contributed by atoms with van der Waals surface area (Å²) in [6.07, 6.45) is 6.14. The van der Waals surface area contributed by atoms with Gasteiger partial charge in [-0.3, -0.25) is 4.98 Å². The van der Waals surface area contributed by atoms with Crippen molar-refractivity contribution in [2.45, 2.75) is 23.9 Å². The van der Waals surface area contributed by atoms with Gasteiger partial charge < -0.3 is 5.32 Å². The van der Waals surface area contributed by atoms with Crippen molar-refractivity contribution < 1.29 is 8.42 Å². The van der Waals surface area contributed by atoms with Crippen molar-refractivity contribution in [3.05, 3.63) is 18.6 Å². The van der Waals surface area contributed by atoms with Crippen molar-refractivity contribution in [1.82, 2.24) is 20.0 Å². The number of rotatable bonds is 4. The Morgan fingerprint density at radius 3 is 3.00 bits per heavy atom. The Labute approximate surface area is 94.6 Å². The number of hydrogen-bond acceptors (Lipinski definition) is 5. The van der Waals surface area contributed by atoms with E-state index >= 15 is 0 Å². The minimum atomic E-state index is -3.51. The first-order valence-electron chi connectivity index (χ1n) is 5.17. The van der Waals surface area contributed by atoms with E-state index in [9.17, 15) is 8.42 Å². The molecule has 1 aromatic heterocycles. The molecule has 1 fully saturated rings. The van der Waals surface area contributed by atoms with E-state index in [0.717, 1.165) is 19.4 Å². The third-order valence-corrected chi connectivity index (χ3v) is 3.81. The van der Waals surface area contributed by atoms with Crippen LogP contribution in [0.4, 0.5) is 0 Å². The zero-order valence-electron chi connectivity index (χ0n) is 8.76. The predicted molar refractivity (Wildman–Crippen MR) is 58.2 cm³/mol. The van der Waals surface area contributed by atoms with Gasteiger partial charge in [-0.1, -0.05) is 0 Å². The molecule has 7 heteroatoms. The number of nitrogens with one attached hydrogen (secondary N) is 2. The van der Waals surface area contributed by atoms with Crippen LogP contribution in [0.25, 0.3) is 0 Å². The molecule has 0 bridgehead atoms. The highest BCUT2D eigenvalue weighted by Gasteiger charge is 2.19. The van der Waals surface area contributed by atoms with Crippen molar-refractivity contribution in [3.8, 4) is 0 Å². The van der Waals surface area contributed by atoms with Gasteiger partial charge in [-0.25, -0.2) is 18.1 Å². The Bertz CT molecular complexity index is 428. The molecule has 1 aliphatic rings. The molecule has 2 rings (SSSR count). The summed E-state index contributed by atoms with van der Waals surface area (Å²) in [4.78, 5) is 7.50. The zero-order chi connectivity index (χ0) is 11.4. The van der Waals surface area contributed by atoms with Crippen LogP contribution in [-0.2, 0) is 10.0 Å². The van der Waals surface area contributed by atoms with Gasteiger partial charge in [0.25, 0.3) is 10.0 Å². The van der Waals surface area contributed by atoms with Crippen LogP contribution in [0.2, 0.25) is 0 Å². The van der Waals surface area contributed by atoms with Crippen molar-refractivity contribution in [2.24, 2.45) is 0 Å². The fourth-order valence-corrected chi connectivity index (χ4v) is 2.61. The molecule has 88 valence electrons. The third-order valence-electron chi connectivity index (χ3n) is 2.50. The van der Waals surface area contributed by atoms with Gasteiger partial charge in [0, 0.05) is 25.0 Å². The van der Waals surface area contributed by atoms with E-state index in [1.54, 1.807) is 0 Å². The number of aromatic nitrogens is 2. The molecule has 0 spiro atoms. The molecule has 1 aliphatic heterocycles. The summed E-state index contributed by atoms with van der Waals surface area (Å²) < 4.78 is 26.0. The van der Waals surface area contributed by atoms with E-state index in [1.165, 1.54) is 18.6 Å². The predicted octanol–water partition coefficient (Wildman–Crippen LogP) is -0.493. The molecule has 0 unspecified atom stereocenters. The molecule has 1 atom stereocenters. The standard InChI is InChI=1S/C9H14N4O2S/c14-16(15,9-7-10-4-5-12-9)13-6-8-2-1-3-11-8/h4-5,7-8,11,13H,1-3,6H2/t8-/m1/s1. The van der Waals surface area contributed by atoms with Crippen molar-refractivity contribution >= 4 is 10.0 Å². The van der Waals surface area contributed by atoms with E-state index in [0.29, 0.717) is 6.54 Å². The lowest BCUT2D eigenvalue weighted by Gasteiger charge is -2.11. The van der Waals surface area contributed by atoms with Gasteiger partial charge in [-0.2, -0.15) is 0 Å². The minimum absolute atomic E-state index is 0.0343. The smallest absolute Gasteiger partial charge is 0.259 e. The molecule has 6 nitrogen and oxygen atoms in total. The van der Waals surface area contributed by atoms with Gasteiger partial charge in [-0.15, -0.1) is 0 Å². The van der Waals surface area contributed by atoms with Gasteiger partial charge in [0.05, 0.1) is 6.20 Å². The lowest BCUT2D eigenvalue weighted by Crippen LogP contribution is -2.37. The first kappa shape index (κ1) is 11.4. The van der Waals surface area contributed by atoms with Crippen LogP contribution < -0.4 is 10.0 Å². The minimum Gasteiger partial charge on any atom is -0.313 e. The fraction of sp³-hybridized carbons (Fsp3) is 0.556. The average molecular weight is 242 g/mol. The molecule has 2 N–H and O–H groups in total. The highest BCUT2D eigenvalue weighted by Crippen LogP contribution is 2.06. The zero-order valence-corrected chi connectivity index (χ0v) is 9.57. The van der Waals surface area contributed by atoms with E-state index in [-0.39, 0.29) is 11.1 Å². The van der Waals surface area contributed by atoms with Gasteiger partial charge in [0.2, 0.25) is 0 Å². The molecule has 0 aliphatic carbocycles. The highest BCUT2D eigenvalue weighted by atomic mass is 32.2. The first-order valence-corrected chi connectivity index (χ1v) is 6.66. The summed E-state index contributed by atoms with van der Waals surface area (Å²) in [6.45, 7) is 1.36. The molecule has 0 aromatic carbocycles. The van der Waals surface area contributed by atoms with Gasteiger partial charge >= 0.3 is 0 Å². The second-order valence-corrected chi connectivity index (χ2v) is 5.40. The molecular weight excluding hydrogens is 228 g/mol. The van der Waals surface area contributed by atoms with Crippen LogP contribution in [-0.4, -0.2) is 37.5 Å². The topological polar surface area (TPSA) is 84.0 Å². The van der Waals surface area contributed by atoms with Crippen LogP contribution in [0.1, 0.15) is 12.8 Å². The lowest BCUT2D eigenvalue weighted by atomic mass is 10.2. The molecule has 0 radical (unpaired) electrons. The maximum atomic E-state index is 11.7. The summed E-state index contributed by atoms with van der Waals surface area (Å²) in [5.74, 6) is 0. The van der Waals surface area contributed by atoms with Crippen molar-refractivity contribution in [1.29, 1.82) is 0 Å². The monoisotopic (exact) mass is 242 g/mol. The van der Waals surface area contributed by atoms with E-state index in [2.05, 4.69) is 20.0 Å². The van der Waals surface area contributed by atoms with Crippen LogP contribution >= 0.6 is 0 Å². The summed E-state index contributed by atoms with van der Waals surface area (Å²) in [7, 11) is -3.51. The highest BCUT2D eigenvalue weighted by molar-refractivity contribution is 7.89. The van der Waals surface area contributed by atoms with E-state index in [1.807, 2.05) is 0 Å². The maximum absolute atomic E-state index is 11.7. The van der Waals surface area contributed by atoms with Crippen LogP contribution in [0, 0.1) is 0 Å². The fourth-order valence-electron chi connectivity index (χ4n) is 1.64. The van der Waals surface area contributed by atoms with Gasteiger partial charge in [0.1, 0.15) is 0 Å². The molecular formula is C9H14N4O2S. The Kier molecular flexibility index (Phi) is 3.47. The normalized spacial score (nSPS) is 21.1. The number of sulfonamides is 1. The van der Waals surface area contributed by atoms with Crippen LogP contribution in [0.5, 0.6) is 0 Å². The molecule has 1 aromatic rings. The summed E-state index contributed by atoms with van der Waals surface area (Å²) in [5, 5.41) is 3.18. The van der Waals surface area contributed by atoms with Crippen molar-refractivity contribution in [2.75, 3.05) is 13.1 Å². The average Bonchev–Trinajstić information content (AvgIpc) is 2.81. The molecule has 0 amide bonds. The summed E-state index contributed by atoms with van der Waals surface area (Å²) in [6, 6.07) is 0.228. The Morgan fingerprint density at radius 1 is 1.50 bits per heavy atom. The molecule has 0 saturated carbocycles. The summed E-state index contributed by atoms with van der Waals surface area (Å²) in [5.41, 5.74) is 0. The van der Waals surface area contributed by atoms with E-state index < -0.39 is 10.0 Å². The van der Waals surface area contributed by atoms with E-state index in [4.69, 9.17) is 0 Å². The lowest BCUT2D eigenvalue weighted by molar-refractivity contribution is 0.548. The van der Waals surface area contributed by atoms with Crippen LogP contribution in [0.15, 0.2) is 23.6 Å². The molecule has 1 saturated heterocycles. The number of hydrogen-bond donors (Lipinski definition) is 2. The Hall–Kier alpha value is -1.05. The van der Waals surface area contributed by atoms with Gasteiger partial charge in [-0.05, 0) is 19.4 Å². The first-order chi connectivity index (χ1) is 7.68. The Balaban J connectivity index is 1.98. The van der Waals surface area contributed by atoms with Crippen LogP contribution in [0.3, 0.4) is 0 Å². The van der Waals surface area contributed by atoms with Gasteiger partial charge in [0.15, 0.2) is 5.03 Å². The molecule has 2 heterocycles. The Morgan fingerprint density at radius 2 is 2.38 bits per heavy atom. The second-order valence-electron chi connectivity index (χ2n) is 3.69. The SMILES string of the molecule is O=S(=O)(NC[C@H]1CCCN1)c1cnccn1. The summed E-state index contributed by atoms with van der Waals surface area (Å²) >= 11 is 0.